The van der Waals surface area contributed by atoms with Gasteiger partial charge in [-0.15, -0.1) is 0 Å². The van der Waals surface area contributed by atoms with Crippen molar-refractivity contribution in [3.8, 4) is 0 Å². The van der Waals surface area contributed by atoms with Crippen molar-refractivity contribution in [2.24, 2.45) is 0 Å². The van der Waals surface area contributed by atoms with Gasteiger partial charge in [0.25, 0.3) is 0 Å². The molecule has 1 fully saturated rings. The van der Waals surface area contributed by atoms with Gasteiger partial charge in [-0.05, 0) is 36.9 Å². The third-order valence-electron chi connectivity index (χ3n) is 4.74. The Balaban J connectivity index is 1.85. The van der Waals surface area contributed by atoms with Crippen LogP contribution in [-0.2, 0) is 16.0 Å². The molecule has 142 valence electrons. The number of nitrogens with zero attached hydrogens (tertiary/aromatic N) is 3. The minimum Gasteiger partial charge on any atom is -0.481 e. The standard InChI is InChI=1S/C21H25N3O3/c1-22-10-12-23(13-11-22)16-20(25)24(18-7-3-2-4-8-18)19-9-5-6-17(14-19)15-21(26)27/h2-9,14H,10-13,15-16H2,1H3,(H,26,27). The summed E-state index contributed by atoms with van der Waals surface area (Å²) in [4.78, 5) is 30.3. The number of rotatable bonds is 6. The van der Waals surface area contributed by atoms with E-state index in [9.17, 15) is 9.59 Å². The first-order valence-electron chi connectivity index (χ1n) is 9.12. The first-order valence-corrected chi connectivity index (χ1v) is 9.12. The van der Waals surface area contributed by atoms with Crippen LogP contribution in [-0.4, -0.2) is 66.6 Å². The fourth-order valence-corrected chi connectivity index (χ4v) is 3.26. The first kappa shape index (κ1) is 19.1. The van der Waals surface area contributed by atoms with Gasteiger partial charge in [0, 0.05) is 37.6 Å². The second kappa shape index (κ2) is 8.79. The van der Waals surface area contributed by atoms with E-state index in [1.54, 1.807) is 23.1 Å². The third-order valence-corrected chi connectivity index (χ3v) is 4.74. The zero-order chi connectivity index (χ0) is 19.2. The van der Waals surface area contributed by atoms with Crippen LogP contribution in [0.2, 0.25) is 0 Å². The van der Waals surface area contributed by atoms with E-state index < -0.39 is 5.97 Å². The van der Waals surface area contributed by atoms with Crippen LogP contribution in [0.4, 0.5) is 11.4 Å². The van der Waals surface area contributed by atoms with Gasteiger partial charge < -0.3 is 10.0 Å². The van der Waals surface area contributed by atoms with Gasteiger partial charge in [-0.3, -0.25) is 19.4 Å². The smallest absolute Gasteiger partial charge is 0.307 e. The van der Waals surface area contributed by atoms with E-state index in [4.69, 9.17) is 5.11 Å². The molecular formula is C21H25N3O3. The molecule has 27 heavy (non-hydrogen) atoms. The Morgan fingerprint density at radius 2 is 1.63 bits per heavy atom. The number of carbonyl (C=O) groups excluding carboxylic acids is 1. The molecule has 6 heteroatoms. The molecule has 1 N–H and O–H groups in total. The van der Waals surface area contributed by atoms with Crippen LogP contribution in [0.3, 0.4) is 0 Å². The highest BCUT2D eigenvalue weighted by Crippen LogP contribution is 2.26. The molecule has 0 bridgehead atoms. The first-order chi connectivity index (χ1) is 13.0. The molecule has 0 radical (unpaired) electrons. The Bertz CT molecular complexity index is 786. The number of aliphatic carboxylic acids is 1. The third kappa shape index (κ3) is 5.15. The number of likely N-dealkylation sites (N-methyl/N-ethyl adjacent to an activating group) is 1. The monoisotopic (exact) mass is 367 g/mol. The number of piperazine rings is 1. The van der Waals surface area contributed by atoms with E-state index in [0.717, 1.165) is 31.9 Å². The lowest BCUT2D eigenvalue weighted by Gasteiger charge is -2.33. The van der Waals surface area contributed by atoms with Crippen molar-refractivity contribution in [2.45, 2.75) is 6.42 Å². The molecule has 2 aromatic carbocycles. The van der Waals surface area contributed by atoms with Gasteiger partial charge in [0.15, 0.2) is 0 Å². The summed E-state index contributed by atoms with van der Waals surface area (Å²) in [5.41, 5.74) is 2.15. The molecule has 6 nitrogen and oxygen atoms in total. The maximum absolute atomic E-state index is 13.2. The Kier molecular flexibility index (Phi) is 6.21. The quantitative estimate of drug-likeness (QED) is 0.848. The molecule has 0 saturated carbocycles. The van der Waals surface area contributed by atoms with Gasteiger partial charge in [-0.1, -0.05) is 30.3 Å². The topological polar surface area (TPSA) is 64.1 Å². The van der Waals surface area contributed by atoms with Crippen LogP contribution in [0.15, 0.2) is 54.6 Å². The molecule has 0 spiro atoms. The van der Waals surface area contributed by atoms with Gasteiger partial charge in [-0.25, -0.2) is 0 Å². The van der Waals surface area contributed by atoms with Crippen LogP contribution in [0.5, 0.6) is 0 Å². The van der Waals surface area contributed by atoms with Crippen molar-refractivity contribution in [3.63, 3.8) is 0 Å². The minimum atomic E-state index is -0.887. The lowest BCUT2D eigenvalue weighted by atomic mass is 10.1. The number of carbonyl (C=O) groups is 2. The fourth-order valence-electron chi connectivity index (χ4n) is 3.26. The van der Waals surface area contributed by atoms with E-state index in [-0.39, 0.29) is 12.3 Å². The fraction of sp³-hybridized carbons (Fsp3) is 0.333. The van der Waals surface area contributed by atoms with Gasteiger partial charge >= 0.3 is 5.97 Å². The molecule has 1 heterocycles. The Labute approximate surface area is 159 Å². The van der Waals surface area contributed by atoms with Gasteiger partial charge in [0.1, 0.15) is 0 Å². The molecule has 0 atom stereocenters. The van der Waals surface area contributed by atoms with E-state index in [2.05, 4.69) is 16.8 Å². The lowest BCUT2D eigenvalue weighted by Crippen LogP contribution is -2.48. The number of hydrogen-bond acceptors (Lipinski definition) is 4. The number of carboxylic acids is 1. The average Bonchev–Trinajstić information content (AvgIpc) is 2.64. The van der Waals surface area contributed by atoms with E-state index in [1.165, 1.54) is 0 Å². The molecule has 0 aromatic heterocycles. The molecule has 3 rings (SSSR count). The van der Waals surface area contributed by atoms with Gasteiger partial charge in [0.2, 0.25) is 5.91 Å². The maximum Gasteiger partial charge on any atom is 0.307 e. The van der Waals surface area contributed by atoms with E-state index in [1.807, 2.05) is 36.4 Å². The minimum absolute atomic E-state index is 0.0155. The highest BCUT2D eigenvalue weighted by molar-refractivity contribution is 6.01. The van der Waals surface area contributed by atoms with Crippen LogP contribution < -0.4 is 4.90 Å². The molecule has 1 amide bonds. The molecule has 2 aromatic rings. The highest BCUT2D eigenvalue weighted by atomic mass is 16.4. The molecule has 1 aliphatic rings. The van der Waals surface area contributed by atoms with Crippen molar-refractivity contribution in [1.29, 1.82) is 0 Å². The van der Waals surface area contributed by atoms with Gasteiger partial charge in [-0.2, -0.15) is 0 Å². The van der Waals surface area contributed by atoms with Crippen LogP contribution in [0.1, 0.15) is 5.56 Å². The maximum atomic E-state index is 13.2. The SMILES string of the molecule is CN1CCN(CC(=O)N(c2ccccc2)c2cccc(CC(=O)O)c2)CC1. The lowest BCUT2D eigenvalue weighted by molar-refractivity contribution is -0.136. The summed E-state index contributed by atoms with van der Waals surface area (Å²) < 4.78 is 0. The second-order valence-electron chi connectivity index (χ2n) is 6.88. The average molecular weight is 367 g/mol. The van der Waals surface area contributed by atoms with Crippen LogP contribution >= 0.6 is 0 Å². The summed E-state index contributed by atoms with van der Waals surface area (Å²) in [6.07, 6.45) is -0.0663. The number of hydrogen-bond donors (Lipinski definition) is 1. The summed E-state index contributed by atoms with van der Waals surface area (Å²) in [5, 5.41) is 9.07. The van der Waals surface area contributed by atoms with Crippen LogP contribution in [0, 0.1) is 0 Å². The largest absolute Gasteiger partial charge is 0.481 e. The molecule has 0 unspecified atom stereocenters. The Hall–Kier alpha value is -2.70. The number of para-hydroxylation sites is 1. The molecule has 0 aliphatic carbocycles. The van der Waals surface area contributed by atoms with E-state index >= 15 is 0 Å². The van der Waals surface area contributed by atoms with E-state index in [0.29, 0.717) is 17.8 Å². The summed E-state index contributed by atoms with van der Waals surface area (Å²) in [6, 6.07) is 16.7. The highest BCUT2D eigenvalue weighted by Gasteiger charge is 2.23. The van der Waals surface area contributed by atoms with Crippen molar-refractivity contribution < 1.29 is 14.7 Å². The normalized spacial score (nSPS) is 15.4. The number of amides is 1. The van der Waals surface area contributed by atoms with Gasteiger partial charge in [0.05, 0.1) is 13.0 Å². The Morgan fingerprint density at radius 3 is 2.30 bits per heavy atom. The summed E-state index contributed by atoms with van der Waals surface area (Å²) in [7, 11) is 2.09. The van der Waals surface area contributed by atoms with Crippen molar-refractivity contribution in [3.05, 3.63) is 60.2 Å². The predicted molar refractivity (Wildman–Crippen MR) is 105 cm³/mol. The Morgan fingerprint density at radius 1 is 0.963 bits per heavy atom. The van der Waals surface area contributed by atoms with Crippen molar-refractivity contribution >= 4 is 23.3 Å². The summed E-state index contributed by atoms with van der Waals surface area (Å²) in [6.45, 7) is 3.97. The zero-order valence-electron chi connectivity index (χ0n) is 15.5. The molecule has 1 aliphatic heterocycles. The predicted octanol–water partition coefficient (Wildman–Crippen LogP) is 2.23. The van der Waals surface area contributed by atoms with Crippen LogP contribution in [0.25, 0.3) is 0 Å². The number of benzene rings is 2. The number of anilines is 2. The van der Waals surface area contributed by atoms with Crippen molar-refractivity contribution in [1.82, 2.24) is 9.80 Å². The second-order valence-corrected chi connectivity index (χ2v) is 6.88. The molecular weight excluding hydrogens is 342 g/mol. The molecule has 1 saturated heterocycles. The number of carboxylic acid groups (broad SMARTS) is 1. The van der Waals surface area contributed by atoms with Crippen molar-refractivity contribution in [2.75, 3.05) is 44.7 Å². The summed E-state index contributed by atoms with van der Waals surface area (Å²) >= 11 is 0. The summed E-state index contributed by atoms with van der Waals surface area (Å²) in [5.74, 6) is -0.902. The zero-order valence-corrected chi connectivity index (χ0v) is 15.5.